The molecule has 24 heavy (non-hydrogen) atoms. The van der Waals surface area contributed by atoms with Gasteiger partial charge in [-0.3, -0.25) is 9.79 Å². The molecule has 2 atom stereocenters. The van der Waals surface area contributed by atoms with E-state index in [4.69, 9.17) is 4.74 Å². The van der Waals surface area contributed by atoms with Gasteiger partial charge in [0.2, 0.25) is 5.91 Å². The minimum atomic E-state index is -0.231. The number of hydrogen-bond donors (Lipinski definition) is 2. The Morgan fingerprint density at radius 1 is 1.33 bits per heavy atom. The van der Waals surface area contributed by atoms with E-state index in [-0.39, 0.29) is 59.0 Å². The highest BCUT2D eigenvalue weighted by molar-refractivity contribution is 14.0. The molecular formula is C17H35IN4O2. The average Bonchev–Trinajstić information content (AvgIpc) is 2.40. The lowest BCUT2D eigenvalue weighted by Crippen LogP contribution is -2.69. The average molecular weight is 454 g/mol. The summed E-state index contributed by atoms with van der Waals surface area (Å²) in [5.74, 6) is 0.711. The summed E-state index contributed by atoms with van der Waals surface area (Å²) >= 11 is 0. The van der Waals surface area contributed by atoms with Gasteiger partial charge in [0.05, 0.1) is 12.1 Å². The maximum atomic E-state index is 12.1. The first-order chi connectivity index (χ1) is 10.4. The summed E-state index contributed by atoms with van der Waals surface area (Å²) in [6, 6.07) is 0.263. The summed E-state index contributed by atoms with van der Waals surface area (Å²) in [6.45, 7) is 12.7. The van der Waals surface area contributed by atoms with E-state index in [0.29, 0.717) is 0 Å². The molecule has 2 unspecified atom stereocenters. The Morgan fingerprint density at radius 2 is 1.88 bits per heavy atom. The summed E-state index contributed by atoms with van der Waals surface area (Å²) in [7, 11) is 5.37. The molecule has 2 N–H and O–H groups in total. The van der Waals surface area contributed by atoms with Gasteiger partial charge in [0, 0.05) is 38.2 Å². The molecule has 0 aliphatic heterocycles. The van der Waals surface area contributed by atoms with Gasteiger partial charge in [0.25, 0.3) is 0 Å². The van der Waals surface area contributed by atoms with Crippen molar-refractivity contribution in [3.05, 3.63) is 0 Å². The minimum Gasteiger partial charge on any atom is -0.378 e. The second kappa shape index (κ2) is 8.21. The number of carbonyl (C=O) groups is 1. The summed E-state index contributed by atoms with van der Waals surface area (Å²) in [6.07, 6.45) is 0.914. The van der Waals surface area contributed by atoms with Crippen LogP contribution in [0.25, 0.3) is 0 Å². The molecule has 6 nitrogen and oxygen atoms in total. The fourth-order valence-electron chi connectivity index (χ4n) is 2.97. The lowest BCUT2D eigenvalue weighted by Gasteiger charge is -2.59. The molecule has 0 heterocycles. The standard InChI is InChI=1S/C17H34N4O2.HI/c1-15(2,3)20-13(22)11-21(8)14(18-7)19-12-10-17(6,23-9)16(12,4)5;/h12H,10-11H2,1-9H3,(H,18,19)(H,20,22);1H. The van der Waals surface area contributed by atoms with Crippen LogP contribution < -0.4 is 10.6 Å². The van der Waals surface area contributed by atoms with Crippen molar-refractivity contribution in [2.24, 2.45) is 10.4 Å². The van der Waals surface area contributed by atoms with E-state index in [1.807, 2.05) is 32.7 Å². The number of amides is 1. The van der Waals surface area contributed by atoms with Crippen LogP contribution in [0.15, 0.2) is 4.99 Å². The molecule has 0 radical (unpaired) electrons. The fourth-order valence-corrected chi connectivity index (χ4v) is 2.97. The van der Waals surface area contributed by atoms with Gasteiger partial charge in [-0.2, -0.15) is 0 Å². The van der Waals surface area contributed by atoms with Crippen LogP contribution in [0.5, 0.6) is 0 Å². The van der Waals surface area contributed by atoms with Gasteiger partial charge < -0.3 is 20.3 Å². The Hall–Kier alpha value is -0.570. The smallest absolute Gasteiger partial charge is 0.240 e. The van der Waals surface area contributed by atoms with Crippen molar-refractivity contribution in [1.29, 1.82) is 0 Å². The molecule has 1 rings (SSSR count). The molecule has 1 saturated carbocycles. The second-order valence-electron chi connectivity index (χ2n) is 8.26. The second-order valence-corrected chi connectivity index (χ2v) is 8.26. The van der Waals surface area contributed by atoms with Crippen LogP contribution in [0.1, 0.15) is 48.0 Å². The van der Waals surface area contributed by atoms with Crippen molar-refractivity contribution < 1.29 is 9.53 Å². The highest BCUT2D eigenvalue weighted by Gasteiger charge is 2.58. The van der Waals surface area contributed by atoms with Crippen molar-refractivity contribution in [3.63, 3.8) is 0 Å². The number of likely N-dealkylation sites (N-methyl/N-ethyl adjacent to an activating group) is 1. The molecule has 0 saturated heterocycles. The van der Waals surface area contributed by atoms with Crippen LogP contribution in [0, 0.1) is 5.41 Å². The first-order valence-electron chi connectivity index (χ1n) is 8.17. The maximum Gasteiger partial charge on any atom is 0.240 e. The summed E-state index contributed by atoms with van der Waals surface area (Å²) in [5.41, 5.74) is -0.372. The summed E-state index contributed by atoms with van der Waals surface area (Å²) in [4.78, 5) is 18.2. The molecule has 1 aliphatic carbocycles. The number of methoxy groups -OCH3 is 1. The number of nitrogens with zero attached hydrogens (tertiary/aromatic N) is 2. The highest BCUT2D eigenvalue weighted by Crippen LogP contribution is 2.51. The van der Waals surface area contributed by atoms with Crippen molar-refractivity contribution in [1.82, 2.24) is 15.5 Å². The van der Waals surface area contributed by atoms with Gasteiger partial charge in [-0.15, -0.1) is 24.0 Å². The van der Waals surface area contributed by atoms with Crippen LogP contribution in [0.2, 0.25) is 0 Å². The zero-order chi connectivity index (χ0) is 18.1. The van der Waals surface area contributed by atoms with E-state index < -0.39 is 0 Å². The number of hydrogen-bond acceptors (Lipinski definition) is 3. The van der Waals surface area contributed by atoms with Gasteiger partial charge in [-0.1, -0.05) is 13.8 Å². The number of aliphatic imine (C=N–C) groups is 1. The SMILES string of the molecule is CN=C(NC1CC(C)(OC)C1(C)C)N(C)CC(=O)NC(C)(C)C.I. The van der Waals surface area contributed by atoms with Crippen molar-refractivity contribution in [3.8, 4) is 0 Å². The largest absolute Gasteiger partial charge is 0.378 e. The van der Waals surface area contributed by atoms with Crippen LogP contribution in [0.4, 0.5) is 0 Å². The van der Waals surface area contributed by atoms with E-state index in [9.17, 15) is 4.79 Å². The van der Waals surface area contributed by atoms with Crippen molar-refractivity contribution in [2.75, 3.05) is 27.7 Å². The van der Waals surface area contributed by atoms with E-state index in [1.54, 1.807) is 14.2 Å². The van der Waals surface area contributed by atoms with Gasteiger partial charge in [-0.05, 0) is 34.1 Å². The Balaban J connectivity index is 0.00000529. The molecule has 0 aromatic carbocycles. The Bertz CT molecular complexity index is 474. The molecule has 1 aliphatic rings. The van der Waals surface area contributed by atoms with Gasteiger partial charge in [0.1, 0.15) is 0 Å². The minimum absolute atomic E-state index is 0. The molecule has 0 spiro atoms. The number of nitrogens with one attached hydrogen (secondary N) is 2. The Kier molecular flexibility index (Phi) is 8.01. The molecule has 0 aromatic rings. The molecule has 0 bridgehead atoms. The van der Waals surface area contributed by atoms with Gasteiger partial charge >= 0.3 is 0 Å². The lowest BCUT2D eigenvalue weighted by atomic mass is 9.56. The maximum absolute atomic E-state index is 12.1. The molecule has 1 fully saturated rings. The topological polar surface area (TPSA) is 66.0 Å². The van der Waals surface area contributed by atoms with Gasteiger partial charge in [-0.25, -0.2) is 0 Å². The number of carbonyl (C=O) groups excluding carboxylic acids is 1. The summed E-state index contributed by atoms with van der Waals surface area (Å²) < 4.78 is 5.66. The van der Waals surface area contributed by atoms with E-state index >= 15 is 0 Å². The monoisotopic (exact) mass is 454 g/mol. The lowest BCUT2D eigenvalue weighted by molar-refractivity contribution is -0.177. The zero-order valence-electron chi connectivity index (χ0n) is 16.6. The quantitative estimate of drug-likeness (QED) is 0.389. The van der Waals surface area contributed by atoms with Crippen LogP contribution in [-0.4, -0.2) is 61.7 Å². The first-order valence-corrected chi connectivity index (χ1v) is 8.17. The first kappa shape index (κ1) is 23.4. The third kappa shape index (κ3) is 5.21. The highest BCUT2D eigenvalue weighted by atomic mass is 127. The van der Waals surface area contributed by atoms with Crippen molar-refractivity contribution in [2.45, 2.75) is 65.1 Å². The predicted molar refractivity (Wildman–Crippen MR) is 110 cm³/mol. The third-order valence-electron chi connectivity index (χ3n) is 5.05. The van der Waals surface area contributed by atoms with Crippen molar-refractivity contribution >= 4 is 35.8 Å². The molecule has 7 heteroatoms. The zero-order valence-corrected chi connectivity index (χ0v) is 18.9. The normalized spacial score (nSPS) is 26.0. The molecule has 0 aromatic heterocycles. The molecule has 1 amide bonds. The Morgan fingerprint density at radius 3 is 2.25 bits per heavy atom. The van der Waals surface area contributed by atoms with E-state index in [0.717, 1.165) is 12.4 Å². The van der Waals surface area contributed by atoms with Gasteiger partial charge in [0.15, 0.2) is 5.96 Å². The van der Waals surface area contributed by atoms with Crippen LogP contribution >= 0.6 is 24.0 Å². The third-order valence-corrected chi connectivity index (χ3v) is 5.05. The number of rotatable bonds is 4. The van der Waals surface area contributed by atoms with E-state index in [2.05, 4.69) is 36.4 Å². The number of ether oxygens (including phenoxy) is 1. The predicted octanol–water partition coefficient (Wildman–Crippen LogP) is 2.23. The summed E-state index contributed by atoms with van der Waals surface area (Å²) in [5, 5.41) is 6.43. The Labute approximate surface area is 164 Å². The number of halogens is 1. The molecular weight excluding hydrogens is 419 g/mol. The van der Waals surface area contributed by atoms with Crippen LogP contribution in [0.3, 0.4) is 0 Å². The fraction of sp³-hybridized carbons (Fsp3) is 0.882. The van der Waals surface area contributed by atoms with E-state index in [1.165, 1.54) is 0 Å². The van der Waals surface area contributed by atoms with Crippen LogP contribution in [-0.2, 0) is 9.53 Å². The number of guanidine groups is 1. The molecule has 142 valence electrons.